The second kappa shape index (κ2) is 7.22. The lowest BCUT2D eigenvalue weighted by Gasteiger charge is -2.04. The maximum absolute atomic E-state index is 12.5. The lowest BCUT2D eigenvalue weighted by Crippen LogP contribution is -2.38. The smallest absolute Gasteiger partial charge is 0.411 e. The van der Waals surface area contributed by atoms with Crippen LogP contribution in [0, 0.1) is 0 Å². The van der Waals surface area contributed by atoms with Crippen LogP contribution in [0.4, 0.5) is 0 Å². The van der Waals surface area contributed by atoms with Gasteiger partial charge in [0.25, 0.3) is 0 Å². The van der Waals surface area contributed by atoms with Crippen LogP contribution >= 0.6 is 0 Å². The molecule has 2 rings (SSSR count). The molecular weight excluding hydrogens is 298 g/mol. The summed E-state index contributed by atoms with van der Waals surface area (Å²) in [6, 6.07) is 11.9. The predicted molar refractivity (Wildman–Crippen MR) is 81.4 cm³/mol. The average molecular weight is 314 g/mol. The molecular formula is C17H16NO5+. The van der Waals surface area contributed by atoms with Gasteiger partial charge in [0, 0.05) is 11.6 Å². The van der Waals surface area contributed by atoms with Gasteiger partial charge in [0.15, 0.2) is 18.2 Å². The number of pyridine rings is 1. The number of ether oxygens (including phenoxy) is 2. The van der Waals surface area contributed by atoms with E-state index in [4.69, 9.17) is 4.74 Å². The Morgan fingerprint density at radius 3 is 2.22 bits per heavy atom. The number of ketones is 1. The molecule has 1 aromatic carbocycles. The van der Waals surface area contributed by atoms with E-state index >= 15 is 0 Å². The van der Waals surface area contributed by atoms with E-state index in [2.05, 4.69) is 4.74 Å². The van der Waals surface area contributed by atoms with Crippen LogP contribution in [0.3, 0.4) is 0 Å². The molecule has 0 saturated heterocycles. The Balaban J connectivity index is 2.47. The van der Waals surface area contributed by atoms with Crippen molar-refractivity contribution in [2.45, 2.75) is 0 Å². The number of rotatable bonds is 5. The molecule has 6 heteroatoms. The molecule has 0 amide bonds. The number of benzene rings is 1. The Labute approximate surface area is 133 Å². The van der Waals surface area contributed by atoms with E-state index in [1.807, 2.05) is 6.07 Å². The molecule has 1 N–H and O–H groups in total. The van der Waals surface area contributed by atoms with Gasteiger partial charge in [-0.25, -0.2) is 4.79 Å². The standard InChI is InChI=1S/C17H15NO5/c1-22-16(20)14(17(21)23-2)18-10-6-9-13(11-18)15(19)12-7-4-3-5-8-12/h3-11H,1-2H3/p+1. The lowest BCUT2D eigenvalue weighted by atomic mass is 10.1. The van der Waals surface area contributed by atoms with Gasteiger partial charge in [-0.15, -0.1) is 0 Å². The van der Waals surface area contributed by atoms with Crippen LogP contribution in [0.15, 0.2) is 60.8 Å². The maximum Gasteiger partial charge on any atom is 0.411 e. The summed E-state index contributed by atoms with van der Waals surface area (Å²) in [5, 5.41) is 9.77. The van der Waals surface area contributed by atoms with Gasteiger partial charge in [-0.1, -0.05) is 30.3 Å². The van der Waals surface area contributed by atoms with Crippen molar-refractivity contribution < 1.29 is 28.7 Å². The topological polar surface area (TPSA) is 76.7 Å². The van der Waals surface area contributed by atoms with Crippen LogP contribution in [0.5, 0.6) is 0 Å². The first-order chi connectivity index (χ1) is 11.1. The average Bonchev–Trinajstić information content (AvgIpc) is 2.61. The zero-order chi connectivity index (χ0) is 16.8. The number of carbonyl (C=O) groups excluding carboxylic acids is 2. The summed E-state index contributed by atoms with van der Waals surface area (Å²) in [6.07, 6.45) is 2.93. The van der Waals surface area contributed by atoms with Crippen LogP contribution in [0.25, 0.3) is 5.70 Å². The third-order valence-corrected chi connectivity index (χ3v) is 3.13. The van der Waals surface area contributed by atoms with Crippen LogP contribution in [0.2, 0.25) is 0 Å². The van der Waals surface area contributed by atoms with Crippen molar-refractivity contribution in [3.8, 4) is 0 Å². The third kappa shape index (κ3) is 3.55. The first kappa shape index (κ1) is 16.2. The van der Waals surface area contributed by atoms with Crippen molar-refractivity contribution in [3.63, 3.8) is 0 Å². The van der Waals surface area contributed by atoms with E-state index < -0.39 is 11.9 Å². The molecule has 0 saturated carbocycles. The number of hydrogen-bond donors (Lipinski definition) is 1. The summed E-state index contributed by atoms with van der Waals surface area (Å²) in [5.41, 5.74) is 0.645. The zero-order valence-electron chi connectivity index (χ0n) is 12.7. The zero-order valence-corrected chi connectivity index (χ0v) is 12.7. The van der Waals surface area contributed by atoms with Gasteiger partial charge in [0.1, 0.15) is 0 Å². The molecule has 0 bridgehead atoms. The molecule has 0 radical (unpaired) electrons. The summed E-state index contributed by atoms with van der Waals surface area (Å²) in [7, 11) is 2.41. The number of nitrogens with zero attached hydrogens (tertiary/aromatic N) is 1. The van der Waals surface area contributed by atoms with Gasteiger partial charge < -0.3 is 14.6 Å². The highest BCUT2D eigenvalue weighted by Crippen LogP contribution is 2.10. The van der Waals surface area contributed by atoms with Crippen molar-refractivity contribution in [3.05, 3.63) is 71.9 Å². The highest BCUT2D eigenvalue weighted by atomic mass is 16.6. The number of aliphatic hydroxyl groups is 1. The summed E-state index contributed by atoms with van der Waals surface area (Å²) in [5.74, 6) is -1.61. The number of carbonyl (C=O) groups is 2. The summed E-state index contributed by atoms with van der Waals surface area (Å²) < 4.78 is 10.6. The Hall–Kier alpha value is -3.15. The molecule has 0 fully saturated rings. The highest BCUT2D eigenvalue weighted by Gasteiger charge is 2.29. The Kier molecular flexibility index (Phi) is 5.09. The van der Waals surface area contributed by atoms with Gasteiger partial charge >= 0.3 is 17.6 Å². The van der Waals surface area contributed by atoms with Crippen molar-refractivity contribution in [2.24, 2.45) is 0 Å². The molecule has 2 aromatic rings. The van der Waals surface area contributed by atoms with Crippen LogP contribution in [-0.2, 0) is 14.3 Å². The molecule has 0 aliphatic rings. The fourth-order valence-corrected chi connectivity index (χ4v) is 2.00. The van der Waals surface area contributed by atoms with E-state index in [1.54, 1.807) is 36.4 Å². The van der Waals surface area contributed by atoms with Crippen LogP contribution < -0.4 is 4.57 Å². The fourth-order valence-electron chi connectivity index (χ4n) is 2.00. The van der Waals surface area contributed by atoms with Gasteiger partial charge in [-0.05, 0) is 6.07 Å². The molecule has 0 unspecified atom stereocenters. The molecule has 0 spiro atoms. The van der Waals surface area contributed by atoms with Crippen LogP contribution in [0.1, 0.15) is 15.9 Å². The van der Waals surface area contributed by atoms with Gasteiger partial charge in [-0.2, -0.15) is 4.57 Å². The van der Waals surface area contributed by atoms with Gasteiger partial charge in [0.05, 0.1) is 19.8 Å². The molecule has 1 heterocycles. The molecule has 23 heavy (non-hydrogen) atoms. The number of hydrogen-bond acceptors (Lipinski definition) is 5. The maximum atomic E-state index is 12.5. The molecule has 6 nitrogen and oxygen atoms in total. The minimum atomic E-state index is -0.793. The van der Waals surface area contributed by atoms with Crippen molar-refractivity contribution in [1.82, 2.24) is 0 Å². The van der Waals surface area contributed by atoms with Crippen LogP contribution in [-0.4, -0.2) is 31.1 Å². The minimum absolute atomic E-state index is 0.207. The number of methoxy groups -OCH3 is 2. The second-order valence-corrected chi connectivity index (χ2v) is 4.54. The number of esters is 1. The Bertz CT molecular complexity index is 753. The first-order valence-electron chi connectivity index (χ1n) is 6.75. The SMILES string of the molecule is COC(=O)/C(=C(/O)OC)[n+]1cccc(C(=O)c2ccccc2)c1. The Morgan fingerprint density at radius 2 is 1.61 bits per heavy atom. The largest absolute Gasteiger partial charge is 0.476 e. The van der Waals surface area contributed by atoms with E-state index in [1.165, 1.54) is 31.2 Å². The third-order valence-electron chi connectivity index (χ3n) is 3.13. The predicted octanol–water partition coefficient (Wildman–Crippen LogP) is 1.71. The van der Waals surface area contributed by atoms with Crippen molar-refractivity contribution in [1.29, 1.82) is 0 Å². The molecule has 0 aliphatic carbocycles. The summed E-state index contributed by atoms with van der Waals surface area (Å²) >= 11 is 0. The molecule has 0 atom stereocenters. The number of aliphatic hydroxyl groups excluding tert-OH is 1. The summed E-state index contributed by atoms with van der Waals surface area (Å²) in [6.45, 7) is 0. The molecule has 118 valence electrons. The quantitative estimate of drug-likeness (QED) is 0.299. The fraction of sp³-hybridized carbons (Fsp3) is 0.118. The summed E-state index contributed by atoms with van der Waals surface area (Å²) in [4.78, 5) is 24.3. The minimum Gasteiger partial charge on any atom is -0.476 e. The van der Waals surface area contributed by atoms with Gasteiger partial charge in [0.2, 0.25) is 0 Å². The monoisotopic (exact) mass is 314 g/mol. The van der Waals surface area contributed by atoms with Crippen molar-refractivity contribution >= 4 is 17.4 Å². The number of aromatic nitrogens is 1. The van der Waals surface area contributed by atoms with E-state index in [9.17, 15) is 14.7 Å². The second-order valence-electron chi connectivity index (χ2n) is 4.54. The van der Waals surface area contributed by atoms with E-state index in [-0.39, 0.29) is 11.5 Å². The molecule has 1 aromatic heterocycles. The van der Waals surface area contributed by atoms with E-state index in [0.717, 1.165) is 0 Å². The normalized spacial score (nSPS) is 11.4. The lowest BCUT2D eigenvalue weighted by molar-refractivity contribution is -0.581. The van der Waals surface area contributed by atoms with Crippen molar-refractivity contribution in [2.75, 3.05) is 14.2 Å². The van der Waals surface area contributed by atoms with Gasteiger partial charge in [-0.3, -0.25) is 4.79 Å². The highest BCUT2D eigenvalue weighted by molar-refractivity contribution is 6.09. The Morgan fingerprint density at radius 1 is 0.957 bits per heavy atom. The first-order valence-corrected chi connectivity index (χ1v) is 6.75. The van der Waals surface area contributed by atoms with E-state index in [0.29, 0.717) is 11.1 Å². The molecule has 0 aliphatic heterocycles.